The van der Waals surface area contributed by atoms with E-state index in [9.17, 15) is 5.11 Å². The number of hydrogen-bond acceptors (Lipinski definition) is 2. The minimum Gasteiger partial charge on any atom is -0.508 e. The van der Waals surface area contributed by atoms with Gasteiger partial charge in [0.05, 0.1) is 7.11 Å². The van der Waals surface area contributed by atoms with Gasteiger partial charge >= 0.3 is 0 Å². The largest absolute Gasteiger partial charge is 0.508 e. The van der Waals surface area contributed by atoms with Crippen LogP contribution in [0, 0.1) is 0 Å². The molecule has 0 saturated heterocycles. The molecule has 0 fully saturated rings. The summed E-state index contributed by atoms with van der Waals surface area (Å²) in [6.45, 7) is 0. The number of phenolic OH excluding ortho intramolecular Hbond substituents is 1. The summed E-state index contributed by atoms with van der Waals surface area (Å²) in [6.07, 6.45) is 2.15. The van der Waals surface area contributed by atoms with Crippen molar-refractivity contribution in [1.29, 1.82) is 0 Å². The van der Waals surface area contributed by atoms with Gasteiger partial charge in [-0.1, -0.05) is 24.3 Å². The highest BCUT2D eigenvalue weighted by atomic mass is 31.1. The highest BCUT2D eigenvalue weighted by Gasteiger charge is 1.97. The van der Waals surface area contributed by atoms with E-state index in [1.165, 1.54) is 11.1 Å². The molecule has 0 radical (unpaired) electrons. The first-order valence-corrected chi connectivity index (χ1v) is 7.31. The van der Waals surface area contributed by atoms with Gasteiger partial charge < -0.3 is 9.84 Å². The van der Waals surface area contributed by atoms with Gasteiger partial charge in [-0.2, -0.15) is 0 Å². The Morgan fingerprint density at radius 2 is 1.39 bits per heavy atom. The lowest BCUT2D eigenvalue weighted by Crippen LogP contribution is -1.84. The van der Waals surface area contributed by atoms with Crippen LogP contribution in [-0.4, -0.2) is 12.2 Å². The average Bonchev–Trinajstić information content (AvgIpc) is 2.42. The zero-order valence-electron chi connectivity index (χ0n) is 10.4. The maximum absolute atomic E-state index is 9.20. The predicted molar refractivity (Wildman–Crippen MR) is 76.8 cm³/mol. The number of benzene rings is 2. The van der Waals surface area contributed by atoms with Crippen LogP contribution >= 0.6 is 8.58 Å². The van der Waals surface area contributed by atoms with E-state index in [4.69, 9.17) is 4.74 Å². The van der Waals surface area contributed by atoms with Crippen molar-refractivity contribution in [2.75, 3.05) is 7.11 Å². The fourth-order valence-corrected chi connectivity index (χ4v) is 2.88. The van der Waals surface area contributed by atoms with Crippen LogP contribution in [0.4, 0.5) is 0 Å². The molecule has 0 heterocycles. The standard InChI is InChI=1S/C15H17O2P/c1-17-15-8-4-13(5-9-15)11-18-10-12-2-6-14(16)7-3-12/h2-9,16,18H,10-11H2,1H3. The number of hydrogen-bond donors (Lipinski definition) is 1. The third kappa shape index (κ3) is 3.75. The highest BCUT2D eigenvalue weighted by molar-refractivity contribution is 7.36. The molecule has 1 N–H and O–H groups in total. The van der Waals surface area contributed by atoms with Gasteiger partial charge in [0.15, 0.2) is 0 Å². The molecule has 2 rings (SSSR count). The number of methoxy groups -OCH3 is 1. The molecule has 3 heteroatoms. The zero-order chi connectivity index (χ0) is 12.8. The second-order valence-corrected chi connectivity index (χ2v) is 5.33. The Bertz CT molecular complexity index is 477. The van der Waals surface area contributed by atoms with Crippen LogP contribution in [-0.2, 0) is 12.3 Å². The Morgan fingerprint density at radius 3 is 1.89 bits per heavy atom. The van der Waals surface area contributed by atoms with Crippen molar-refractivity contribution >= 4 is 8.58 Å². The highest BCUT2D eigenvalue weighted by Crippen LogP contribution is 2.25. The lowest BCUT2D eigenvalue weighted by molar-refractivity contribution is 0.414. The van der Waals surface area contributed by atoms with Gasteiger partial charge in [-0.15, -0.1) is 8.58 Å². The summed E-state index contributed by atoms with van der Waals surface area (Å²) in [4.78, 5) is 0. The van der Waals surface area contributed by atoms with Gasteiger partial charge in [-0.25, -0.2) is 0 Å². The van der Waals surface area contributed by atoms with E-state index in [0.717, 1.165) is 26.7 Å². The molecule has 94 valence electrons. The molecule has 1 unspecified atom stereocenters. The predicted octanol–water partition coefficient (Wildman–Crippen LogP) is 3.78. The van der Waals surface area contributed by atoms with Crippen LogP contribution in [0.25, 0.3) is 0 Å². The van der Waals surface area contributed by atoms with Gasteiger partial charge in [0.2, 0.25) is 0 Å². The summed E-state index contributed by atoms with van der Waals surface area (Å²) >= 11 is 0. The van der Waals surface area contributed by atoms with E-state index in [1.54, 1.807) is 19.2 Å². The second-order valence-electron chi connectivity index (χ2n) is 4.12. The van der Waals surface area contributed by atoms with Gasteiger partial charge in [0.25, 0.3) is 0 Å². The SMILES string of the molecule is COc1ccc(CPCc2ccc(O)cc2)cc1. The lowest BCUT2D eigenvalue weighted by atomic mass is 10.2. The molecular weight excluding hydrogens is 243 g/mol. The van der Waals surface area contributed by atoms with Crippen LogP contribution in [0.1, 0.15) is 11.1 Å². The molecule has 0 amide bonds. The normalized spacial score (nSPS) is 10.9. The Hall–Kier alpha value is -1.53. The molecule has 18 heavy (non-hydrogen) atoms. The molecule has 0 saturated carbocycles. The van der Waals surface area contributed by atoms with Crippen LogP contribution in [0.5, 0.6) is 11.5 Å². The zero-order valence-corrected chi connectivity index (χ0v) is 11.4. The van der Waals surface area contributed by atoms with Crippen molar-refractivity contribution in [3.05, 3.63) is 59.7 Å². The fourth-order valence-electron chi connectivity index (χ4n) is 1.71. The molecule has 2 aromatic rings. The molecule has 2 aromatic carbocycles. The van der Waals surface area contributed by atoms with E-state index in [0.29, 0.717) is 5.75 Å². The first-order valence-electron chi connectivity index (χ1n) is 5.89. The Labute approximate surface area is 109 Å². The summed E-state index contributed by atoms with van der Waals surface area (Å²) in [7, 11) is 2.54. The van der Waals surface area contributed by atoms with Crippen LogP contribution in [0.15, 0.2) is 48.5 Å². The number of rotatable bonds is 5. The minimum absolute atomic E-state index is 0.331. The van der Waals surface area contributed by atoms with E-state index < -0.39 is 0 Å². The average molecular weight is 260 g/mol. The molecule has 0 aliphatic rings. The Kier molecular flexibility index (Phi) is 4.60. The first-order chi connectivity index (χ1) is 8.78. The van der Waals surface area contributed by atoms with Crippen molar-refractivity contribution in [1.82, 2.24) is 0 Å². The third-order valence-corrected chi connectivity index (χ3v) is 4.07. The van der Waals surface area contributed by atoms with E-state index >= 15 is 0 Å². The van der Waals surface area contributed by atoms with Crippen molar-refractivity contribution in [2.24, 2.45) is 0 Å². The summed E-state index contributed by atoms with van der Waals surface area (Å²) in [5.74, 6) is 1.23. The van der Waals surface area contributed by atoms with E-state index in [-0.39, 0.29) is 0 Å². The van der Waals surface area contributed by atoms with E-state index in [2.05, 4.69) is 12.1 Å². The molecular formula is C15H17O2P. The van der Waals surface area contributed by atoms with E-state index in [1.807, 2.05) is 24.3 Å². The Balaban J connectivity index is 1.82. The summed E-state index contributed by atoms with van der Waals surface area (Å²) < 4.78 is 5.13. The van der Waals surface area contributed by atoms with Crippen LogP contribution in [0.2, 0.25) is 0 Å². The third-order valence-electron chi connectivity index (χ3n) is 2.75. The monoisotopic (exact) mass is 260 g/mol. The van der Waals surface area contributed by atoms with Crippen LogP contribution < -0.4 is 4.74 Å². The molecule has 0 aliphatic carbocycles. The molecule has 2 nitrogen and oxygen atoms in total. The number of aromatic hydroxyl groups is 1. The van der Waals surface area contributed by atoms with Gasteiger partial charge in [0, 0.05) is 0 Å². The van der Waals surface area contributed by atoms with Crippen molar-refractivity contribution in [3.63, 3.8) is 0 Å². The van der Waals surface area contributed by atoms with Crippen molar-refractivity contribution in [3.8, 4) is 11.5 Å². The molecule has 0 spiro atoms. The number of ether oxygens (including phenoxy) is 1. The maximum atomic E-state index is 9.20. The summed E-state index contributed by atoms with van der Waals surface area (Å²) in [5, 5.41) is 9.20. The van der Waals surface area contributed by atoms with Crippen molar-refractivity contribution in [2.45, 2.75) is 12.3 Å². The first kappa shape index (κ1) is 12.9. The molecule has 1 atom stereocenters. The molecule has 0 aromatic heterocycles. The smallest absolute Gasteiger partial charge is 0.118 e. The van der Waals surface area contributed by atoms with Crippen LogP contribution in [0.3, 0.4) is 0 Å². The summed E-state index contributed by atoms with van der Waals surface area (Å²) in [6, 6.07) is 15.7. The lowest BCUT2D eigenvalue weighted by Gasteiger charge is -2.04. The topological polar surface area (TPSA) is 29.5 Å². The molecule has 0 aliphatic heterocycles. The van der Waals surface area contributed by atoms with Crippen molar-refractivity contribution < 1.29 is 9.84 Å². The second kappa shape index (κ2) is 6.42. The number of phenols is 1. The fraction of sp³-hybridized carbons (Fsp3) is 0.200. The maximum Gasteiger partial charge on any atom is 0.118 e. The summed E-state index contributed by atoms with van der Waals surface area (Å²) in [5.41, 5.74) is 2.62. The van der Waals surface area contributed by atoms with Gasteiger partial charge in [-0.05, 0) is 47.7 Å². The minimum atomic E-state index is 0.331. The Morgan fingerprint density at radius 1 is 0.889 bits per heavy atom. The quantitative estimate of drug-likeness (QED) is 0.829. The molecule has 0 bridgehead atoms. The van der Waals surface area contributed by atoms with Gasteiger partial charge in [-0.3, -0.25) is 0 Å². The van der Waals surface area contributed by atoms with Gasteiger partial charge in [0.1, 0.15) is 11.5 Å².